The van der Waals surface area contributed by atoms with E-state index < -0.39 is 0 Å². The van der Waals surface area contributed by atoms with Crippen LogP contribution in [0.5, 0.6) is 0 Å². The first kappa shape index (κ1) is 9.31. The lowest BCUT2D eigenvalue weighted by atomic mass is 9.94. The molecule has 0 radical (unpaired) electrons. The van der Waals surface area contributed by atoms with E-state index in [1.54, 1.807) is 0 Å². The van der Waals surface area contributed by atoms with E-state index in [4.69, 9.17) is 0 Å². The fourth-order valence-corrected chi connectivity index (χ4v) is 1.80. The van der Waals surface area contributed by atoms with Gasteiger partial charge in [0.2, 0.25) is 0 Å². The van der Waals surface area contributed by atoms with Gasteiger partial charge in [-0.1, -0.05) is 12.2 Å². The van der Waals surface area contributed by atoms with Gasteiger partial charge in [-0.15, -0.1) is 0 Å². The predicted octanol–water partition coefficient (Wildman–Crippen LogP) is 2.19. The van der Waals surface area contributed by atoms with Crippen LogP contribution in [0.1, 0.15) is 19.3 Å². The van der Waals surface area contributed by atoms with Crippen LogP contribution >= 0.6 is 0 Å². The van der Waals surface area contributed by atoms with Crippen molar-refractivity contribution in [3.05, 3.63) is 24.4 Å². The zero-order valence-electron chi connectivity index (χ0n) is 8.61. The molecule has 0 bridgehead atoms. The summed E-state index contributed by atoms with van der Waals surface area (Å²) in [5, 5.41) is 7.65. The zero-order valence-corrected chi connectivity index (χ0v) is 8.61. The second-order valence-electron chi connectivity index (χ2n) is 3.91. The van der Waals surface area contributed by atoms with Gasteiger partial charge < -0.3 is 5.32 Å². The minimum absolute atomic E-state index is 0.780. The summed E-state index contributed by atoms with van der Waals surface area (Å²) in [6.07, 6.45) is 10.3. The molecule has 0 amide bonds. The highest BCUT2D eigenvalue weighted by atomic mass is 15.3. The molecular formula is C11H17N3. The molecule has 1 aromatic heterocycles. The van der Waals surface area contributed by atoms with Gasteiger partial charge >= 0.3 is 0 Å². The quantitative estimate of drug-likeness (QED) is 0.742. The highest BCUT2D eigenvalue weighted by Gasteiger charge is 2.09. The molecule has 0 saturated carbocycles. The lowest BCUT2D eigenvalue weighted by Crippen LogP contribution is -2.15. The maximum absolute atomic E-state index is 4.28. The monoisotopic (exact) mass is 191 g/mol. The van der Waals surface area contributed by atoms with Gasteiger partial charge in [0, 0.05) is 25.9 Å². The van der Waals surface area contributed by atoms with Gasteiger partial charge in [0.1, 0.15) is 5.82 Å². The molecule has 14 heavy (non-hydrogen) atoms. The number of hydrogen-bond acceptors (Lipinski definition) is 2. The first-order chi connectivity index (χ1) is 6.84. The molecule has 3 nitrogen and oxygen atoms in total. The molecule has 0 fully saturated rings. The molecule has 1 atom stereocenters. The maximum Gasteiger partial charge on any atom is 0.147 e. The first-order valence-corrected chi connectivity index (χ1v) is 5.23. The SMILES string of the molecule is Cn1ccc(NC[C@H]2CC=CCC2)n1. The Hall–Kier alpha value is -1.25. The third-order valence-electron chi connectivity index (χ3n) is 2.66. The summed E-state index contributed by atoms with van der Waals surface area (Å²) in [7, 11) is 1.94. The van der Waals surface area contributed by atoms with Gasteiger partial charge in [-0.3, -0.25) is 4.68 Å². The van der Waals surface area contributed by atoms with E-state index in [-0.39, 0.29) is 0 Å². The second kappa shape index (κ2) is 4.31. The normalized spacial score (nSPS) is 21.1. The van der Waals surface area contributed by atoms with E-state index in [1.807, 2.05) is 24.0 Å². The number of nitrogens with zero attached hydrogens (tertiary/aromatic N) is 2. The number of aromatic nitrogens is 2. The number of aryl methyl sites for hydroxylation is 1. The van der Waals surface area contributed by atoms with Crippen LogP contribution < -0.4 is 5.32 Å². The molecule has 1 heterocycles. The van der Waals surface area contributed by atoms with Crippen LogP contribution in [0.15, 0.2) is 24.4 Å². The minimum Gasteiger partial charge on any atom is -0.368 e. The van der Waals surface area contributed by atoms with Crippen LogP contribution in [0, 0.1) is 5.92 Å². The number of nitrogens with one attached hydrogen (secondary N) is 1. The summed E-state index contributed by atoms with van der Waals surface area (Å²) >= 11 is 0. The van der Waals surface area contributed by atoms with Crippen molar-refractivity contribution in [1.82, 2.24) is 9.78 Å². The molecule has 0 saturated heterocycles. The highest BCUT2D eigenvalue weighted by molar-refractivity contribution is 5.32. The molecule has 76 valence electrons. The van der Waals surface area contributed by atoms with Crippen LogP contribution in [-0.2, 0) is 7.05 Å². The third kappa shape index (κ3) is 2.37. The lowest BCUT2D eigenvalue weighted by molar-refractivity contribution is 0.503. The highest BCUT2D eigenvalue weighted by Crippen LogP contribution is 2.18. The van der Waals surface area contributed by atoms with E-state index in [0.717, 1.165) is 18.3 Å². The molecule has 3 heteroatoms. The molecule has 1 N–H and O–H groups in total. The lowest BCUT2D eigenvalue weighted by Gasteiger charge is -2.17. The van der Waals surface area contributed by atoms with Gasteiger partial charge in [-0.2, -0.15) is 5.10 Å². The molecule has 0 spiro atoms. The average molecular weight is 191 g/mol. The fraction of sp³-hybridized carbons (Fsp3) is 0.545. The Morgan fingerprint density at radius 2 is 2.50 bits per heavy atom. The number of anilines is 1. The van der Waals surface area contributed by atoms with Crippen LogP contribution in [0.4, 0.5) is 5.82 Å². The molecule has 0 aromatic carbocycles. The van der Waals surface area contributed by atoms with Crippen LogP contribution in [-0.4, -0.2) is 16.3 Å². The van der Waals surface area contributed by atoms with Crippen molar-refractivity contribution >= 4 is 5.82 Å². The minimum atomic E-state index is 0.780. The predicted molar refractivity (Wildman–Crippen MR) is 58.2 cm³/mol. The number of allylic oxidation sites excluding steroid dienone is 2. The van der Waals surface area contributed by atoms with E-state index in [0.29, 0.717) is 0 Å². The van der Waals surface area contributed by atoms with Crippen molar-refractivity contribution in [1.29, 1.82) is 0 Å². The molecule has 1 aliphatic carbocycles. The van der Waals surface area contributed by atoms with Crippen molar-refractivity contribution in [3.63, 3.8) is 0 Å². The largest absolute Gasteiger partial charge is 0.368 e. The summed E-state index contributed by atoms with van der Waals surface area (Å²) in [6, 6.07) is 2.01. The van der Waals surface area contributed by atoms with Gasteiger partial charge in [0.25, 0.3) is 0 Å². The van der Waals surface area contributed by atoms with E-state index in [2.05, 4.69) is 22.6 Å². The van der Waals surface area contributed by atoms with Gasteiger partial charge in [-0.05, 0) is 25.2 Å². The van der Waals surface area contributed by atoms with Crippen LogP contribution in [0.3, 0.4) is 0 Å². The third-order valence-corrected chi connectivity index (χ3v) is 2.66. The summed E-state index contributed by atoms with van der Waals surface area (Å²) in [5.74, 6) is 1.77. The second-order valence-corrected chi connectivity index (χ2v) is 3.91. The standard InChI is InChI=1S/C11H17N3/c1-14-8-7-11(13-14)12-9-10-5-3-2-4-6-10/h2-3,7-8,10H,4-6,9H2,1H3,(H,12,13)/t10-/m0/s1. The van der Waals surface area contributed by atoms with Crippen LogP contribution in [0.25, 0.3) is 0 Å². The smallest absolute Gasteiger partial charge is 0.147 e. The number of rotatable bonds is 3. The Morgan fingerprint density at radius 1 is 1.57 bits per heavy atom. The Balaban J connectivity index is 1.79. The molecule has 1 aromatic rings. The zero-order chi connectivity index (χ0) is 9.80. The topological polar surface area (TPSA) is 29.9 Å². The molecule has 1 aliphatic rings. The molecule has 2 rings (SSSR count). The van der Waals surface area contributed by atoms with Crippen molar-refractivity contribution in [3.8, 4) is 0 Å². The van der Waals surface area contributed by atoms with Crippen molar-refractivity contribution < 1.29 is 0 Å². The van der Waals surface area contributed by atoms with Crippen molar-refractivity contribution in [2.75, 3.05) is 11.9 Å². The Labute approximate surface area is 84.8 Å². The number of hydrogen-bond donors (Lipinski definition) is 1. The summed E-state index contributed by atoms with van der Waals surface area (Å²) < 4.78 is 1.82. The molecular weight excluding hydrogens is 174 g/mol. The Morgan fingerprint density at radius 3 is 3.14 bits per heavy atom. The van der Waals surface area contributed by atoms with Gasteiger partial charge in [0.15, 0.2) is 0 Å². The molecule has 0 aliphatic heterocycles. The van der Waals surface area contributed by atoms with Crippen molar-refractivity contribution in [2.24, 2.45) is 13.0 Å². The maximum atomic E-state index is 4.28. The fourth-order valence-electron chi connectivity index (χ4n) is 1.80. The van der Waals surface area contributed by atoms with E-state index in [9.17, 15) is 0 Å². The van der Waals surface area contributed by atoms with Crippen LogP contribution in [0.2, 0.25) is 0 Å². The average Bonchev–Trinajstić information content (AvgIpc) is 2.63. The van der Waals surface area contributed by atoms with Gasteiger partial charge in [0.05, 0.1) is 0 Å². The van der Waals surface area contributed by atoms with Gasteiger partial charge in [-0.25, -0.2) is 0 Å². The summed E-state index contributed by atoms with van der Waals surface area (Å²) in [6.45, 7) is 1.04. The van der Waals surface area contributed by atoms with E-state index >= 15 is 0 Å². The summed E-state index contributed by atoms with van der Waals surface area (Å²) in [4.78, 5) is 0. The van der Waals surface area contributed by atoms with E-state index in [1.165, 1.54) is 19.3 Å². The van der Waals surface area contributed by atoms with Crippen molar-refractivity contribution in [2.45, 2.75) is 19.3 Å². The Bertz CT molecular complexity index is 314. The molecule has 0 unspecified atom stereocenters. The summed E-state index contributed by atoms with van der Waals surface area (Å²) in [5.41, 5.74) is 0. The first-order valence-electron chi connectivity index (χ1n) is 5.23. The Kier molecular flexibility index (Phi) is 2.87.